The van der Waals surface area contributed by atoms with Gasteiger partial charge in [0, 0.05) is 49.3 Å². The van der Waals surface area contributed by atoms with Crippen LogP contribution in [0.4, 0.5) is 5.69 Å². The van der Waals surface area contributed by atoms with E-state index in [-0.39, 0.29) is 23.6 Å². The molecule has 5 rings (SSSR count). The van der Waals surface area contributed by atoms with Crippen LogP contribution in [0, 0.1) is 6.92 Å². The molecule has 0 bridgehead atoms. The quantitative estimate of drug-likeness (QED) is 0.491. The number of carbonyl (C=O) groups excluding carboxylic acids is 1. The maximum Gasteiger partial charge on any atom is 0.272 e. The lowest BCUT2D eigenvalue weighted by Gasteiger charge is -2.37. The minimum absolute atomic E-state index is 0.0219. The summed E-state index contributed by atoms with van der Waals surface area (Å²) in [6.45, 7) is 7.96. The predicted molar refractivity (Wildman–Crippen MR) is 133 cm³/mol. The molecule has 0 unspecified atom stereocenters. The van der Waals surface area contributed by atoms with Crippen LogP contribution >= 0.6 is 11.3 Å². The van der Waals surface area contributed by atoms with Gasteiger partial charge in [-0.05, 0) is 44.4 Å². The smallest absolute Gasteiger partial charge is 0.272 e. The number of pyridine rings is 1. The standard InChI is InChI=1S/C24H30N6O3S/c1-3-18-22(32)27-19-12-17(34-24(19)28-18)13-29-6-8-30(9-7-29)20-5-4-14(2)25-21(20)23(33)26-15-10-16(31)11-15/h4-5,12,15-16,31H,3,6-11,13H2,1-2H3,(H,26,33)(H,27,32). The van der Waals surface area contributed by atoms with E-state index in [0.29, 0.717) is 30.7 Å². The zero-order valence-electron chi connectivity index (χ0n) is 19.5. The Kier molecular flexibility index (Phi) is 6.37. The summed E-state index contributed by atoms with van der Waals surface area (Å²) in [5, 5.41) is 12.5. The van der Waals surface area contributed by atoms with Crippen molar-refractivity contribution in [1.82, 2.24) is 25.2 Å². The summed E-state index contributed by atoms with van der Waals surface area (Å²) in [5.74, 6) is -0.170. The van der Waals surface area contributed by atoms with E-state index in [1.165, 1.54) is 4.88 Å². The summed E-state index contributed by atoms with van der Waals surface area (Å²) in [5.41, 5.74) is 3.41. The van der Waals surface area contributed by atoms with Gasteiger partial charge in [0.1, 0.15) is 10.5 Å². The molecule has 1 saturated heterocycles. The average Bonchev–Trinajstić information content (AvgIpc) is 3.18. The molecule has 0 spiro atoms. The van der Waals surface area contributed by atoms with E-state index >= 15 is 0 Å². The number of hydrogen-bond acceptors (Lipinski definition) is 8. The Morgan fingerprint density at radius 3 is 2.71 bits per heavy atom. The Morgan fingerprint density at radius 1 is 1.24 bits per heavy atom. The van der Waals surface area contributed by atoms with Crippen molar-refractivity contribution >= 4 is 33.3 Å². The zero-order chi connectivity index (χ0) is 23.8. The summed E-state index contributed by atoms with van der Waals surface area (Å²) in [6.07, 6.45) is 1.52. The van der Waals surface area contributed by atoms with Crippen molar-refractivity contribution < 1.29 is 9.90 Å². The Morgan fingerprint density at radius 2 is 2.00 bits per heavy atom. The van der Waals surface area contributed by atoms with Gasteiger partial charge in [-0.3, -0.25) is 14.5 Å². The Bertz CT molecular complexity index is 1260. The SMILES string of the molecule is CCc1nc2sc(CN3CCN(c4ccc(C)nc4C(=O)NC4CC(O)C4)CC3)cc2[nH]c1=O. The number of carbonyl (C=O) groups is 1. The molecular weight excluding hydrogens is 452 g/mol. The molecule has 0 radical (unpaired) electrons. The number of thiophene rings is 1. The Labute approximate surface area is 201 Å². The van der Waals surface area contributed by atoms with Gasteiger partial charge in [-0.1, -0.05) is 6.92 Å². The number of rotatable bonds is 6. The minimum Gasteiger partial charge on any atom is -0.393 e. The molecule has 1 aliphatic carbocycles. The van der Waals surface area contributed by atoms with Gasteiger partial charge in [-0.25, -0.2) is 9.97 Å². The molecule has 1 amide bonds. The van der Waals surface area contributed by atoms with Crippen LogP contribution in [0.25, 0.3) is 10.3 Å². The van der Waals surface area contributed by atoms with Crippen LogP contribution in [0.15, 0.2) is 23.0 Å². The third-order valence-corrected chi connectivity index (χ3v) is 7.63. The number of aliphatic hydroxyl groups excluding tert-OH is 1. The fraction of sp³-hybridized carbons (Fsp3) is 0.500. The summed E-state index contributed by atoms with van der Waals surface area (Å²) in [6, 6.07) is 5.99. The Hall–Kier alpha value is -2.82. The zero-order valence-corrected chi connectivity index (χ0v) is 20.3. The molecule has 180 valence electrons. The van der Waals surface area contributed by atoms with E-state index in [2.05, 4.69) is 30.1 Å². The van der Waals surface area contributed by atoms with E-state index in [4.69, 9.17) is 0 Å². The molecule has 34 heavy (non-hydrogen) atoms. The highest BCUT2D eigenvalue weighted by Crippen LogP contribution is 2.26. The maximum absolute atomic E-state index is 12.9. The first-order valence-corrected chi connectivity index (χ1v) is 12.7. The van der Waals surface area contributed by atoms with Crippen LogP contribution in [0.3, 0.4) is 0 Å². The maximum atomic E-state index is 12.9. The van der Waals surface area contributed by atoms with Crippen molar-refractivity contribution in [3.05, 3.63) is 50.5 Å². The second-order valence-electron chi connectivity index (χ2n) is 9.18. The minimum atomic E-state index is -0.311. The third kappa shape index (κ3) is 4.70. The molecule has 9 nitrogen and oxygen atoms in total. The van der Waals surface area contributed by atoms with Crippen molar-refractivity contribution in [2.45, 2.75) is 51.8 Å². The number of amides is 1. The first-order valence-electron chi connectivity index (χ1n) is 11.8. The molecule has 2 aliphatic rings. The molecule has 10 heteroatoms. The number of H-pyrrole nitrogens is 1. The number of nitrogens with one attached hydrogen (secondary N) is 2. The summed E-state index contributed by atoms with van der Waals surface area (Å²) in [4.78, 5) is 43.6. The van der Waals surface area contributed by atoms with Gasteiger partial charge < -0.3 is 20.3 Å². The molecule has 3 aromatic rings. The highest BCUT2D eigenvalue weighted by atomic mass is 32.1. The number of aliphatic hydroxyl groups is 1. The first-order chi connectivity index (χ1) is 16.4. The van der Waals surface area contributed by atoms with Crippen LogP contribution in [0.2, 0.25) is 0 Å². The fourth-order valence-corrected chi connectivity index (χ4v) is 5.64. The predicted octanol–water partition coefficient (Wildman–Crippen LogP) is 1.83. The third-order valence-electron chi connectivity index (χ3n) is 6.61. The molecule has 1 aliphatic heterocycles. The molecule has 1 saturated carbocycles. The first kappa shape index (κ1) is 22.9. The second kappa shape index (κ2) is 9.44. The highest BCUT2D eigenvalue weighted by molar-refractivity contribution is 7.18. The lowest BCUT2D eigenvalue weighted by molar-refractivity contribution is 0.0560. The molecule has 3 aromatic heterocycles. The van der Waals surface area contributed by atoms with Gasteiger partial charge in [-0.15, -0.1) is 11.3 Å². The number of nitrogens with zero attached hydrogens (tertiary/aromatic N) is 4. The molecule has 4 heterocycles. The number of aryl methyl sites for hydroxylation is 2. The lowest BCUT2D eigenvalue weighted by atomic mass is 9.89. The number of hydrogen-bond donors (Lipinski definition) is 3. The van der Waals surface area contributed by atoms with Crippen LogP contribution in [0.1, 0.15) is 46.5 Å². The molecular formula is C24H30N6O3S. The van der Waals surface area contributed by atoms with Crippen LogP contribution < -0.4 is 15.8 Å². The van der Waals surface area contributed by atoms with Gasteiger partial charge >= 0.3 is 0 Å². The van der Waals surface area contributed by atoms with Crippen molar-refractivity contribution in [3.8, 4) is 0 Å². The Balaban J connectivity index is 1.24. The molecule has 3 N–H and O–H groups in total. The lowest BCUT2D eigenvalue weighted by Crippen LogP contribution is -2.48. The highest BCUT2D eigenvalue weighted by Gasteiger charge is 2.30. The van der Waals surface area contributed by atoms with E-state index < -0.39 is 0 Å². The van der Waals surface area contributed by atoms with E-state index in [1.54, 1.807) is 11.3 Å². The van der Waals surface area contributed by atoms with Gasteiger partial charge in [0.25, 0.3) is 11.5 Å². The number of anilines is 1. The number of aromatic amines is 1. The van der Waals surface area contributed by atoms with Gasteiger partial charge in [0.05, 0.1) is 17.3 Å². The molecule has 0 atom stereocenters. The van der Waals surface area contributed by atoms with Gasteiger partial charge in [0.15, 0.2) is 5.69 Å². The van der Waals surface area contributed by atoms with Crippen LogP contribution in [0.5, 0.6) is 0 Å². The number of piperazine rings is 1. The van der Waals surface area contributed by atoms with Crippen LogP contribution in [-0.4, -0.2) is 69.2 Å². The normalized spacial score (nSPS) is 21.0. The van der Waals surface area contributed by atoms with Crippen molar-refractivity contribution in [2.24, 2.45) is 0 Å². The van der Waals surface area contributed by atoms with Gasteiger partial charge in [0.2, 0.25) is 0 Å². The molecule has 2 fully saturated rings. The topological polar surface area (TPSA) is 114 Å². The van der Waals surface area contributed by atoms with Crippen molar-refractivity contribution in [1.29, 1.82) is 0 Å². The van der Waals surface area contributed by atoms with Gasteiger partial charge in [-0.2, -0.15) is 0 Å². The van der Waals surface area contributed by atoms with Crippen LogP contribution in [-0.2, 0) is 13.0 Å². The van der Waals surface area contributed by atoms with Crippen molar-refractivity contribution in [3.63, 3.8) is 0 Å². The number of aromatic nitrogens is 3. The van der Waals surface area contributed by atoms with E-state index in [9.17, 15) is 14.7 Å². The molecule has 0 aromatic carbocycles. The average molecular weight is 483 g/mol. The summed E-state index contributed by atoms with van der Waals surface area (Å²) >= 11 is 1.63. The van der Waals surface area contributed by atoms with Crippen molar-refractivity contribution in [2.75, 3.05) is 31.1 Å². The second-order valence-corrected chi connectivity index (χ2v) is 10.3. The largest absolute Gasteiger partial charge is 0.393 e. The van der Waals surface area contributed by atoms with E-state index in [1.807, 2.05) is 32.0 Å². The number of fused-ring (bicyclic) bond motifs is 1. The summed E-state index contributed by atoms with van der Waals surface area (Å²) in [7, 11) is 0. The monoisotopic (exact) mass is 482 g/mol. The van der Waals surface area contributed by atoms with E-state index in [0.717, 1.165) is 54.5 Å². The fourth-order valence-electron chi connectivity index (χ4n) is 4.59. The summed E-state index contributed by atoms with van der Waals surface area (Å²) < 4.78 is 0.